The molecule has 0 saturated carbocycles. The Kier molecular flexibility index (Phi) is 6.48. The Bertz CT molecular complexity index is 1140. The molecule has 0 bridgehead atoms. The number of thioether (sulfide) groups is 1. The number of hydrogen-bond donors (Lipinski definition) is 0. The maximum absolute atomic E-state index is 13.9. The summed E-state index contributed by atoms with van der Waals surface area (Å²) in [6.07, 6.45) is 0.354. The number of ether oxygens (including phenoxy) is 1. The van der Waals surface area contributed by atoms with Crippen molar-refractivity contribution < 1.29 is 57.8 Å². The Hall–Kier alpha value is -2.13. The summed E-state index contributed by atoms with van der Waals surface area (Å²) in [5.41, 5.74) is 1.46. The van der Waals surface area contributed by atoms with Crippen LogP contribution in [-0.4, -0.2) is 29.3 Å². The number of methoxy groups -OCH3 is 1. The van der Waals surface area contributed by atoms with E-state index < -0.39 is 28.0 Å². The SMILES string of the molecule is COc1ccc(C(=O)c2cc3cc(CC4SC(=O)N=C4[O-])ccc3o2)cc1F.[Na+]. The first kappa shape index (κ1) is 21.6. The molecule has 1 aliphatic heterocycles. The van der Waals surface area contributed by atoms with Gasteiger partial charge in [0, 0.05) is 16.2 Å². The van der Waals surface area contributed by atoms with Crippen LogP contribution >= 0.6 is 11.8 Å². The fraction of sp³-hybridized carbons (Fsp3) is 0.150. The summed E-state index contributed by atoms with van der Waals surface area (Å²) in [6.45, 7) is 0. The van der Waals surface area contributed by atoms with E-state index in [1.165, 1.54) is 19.2 Å². The number of nitrogens with zero attached hydrogens (tertiary/aromatic N) is 1. The average Bonchev–Trinajstić information content (AvgIpc) is 3.23. The van der Waals surface area contributed by atoms with Crippen LogP contribution in [0, 0.1) is 5.82 Å². The Morgan fingerprint density at radius 1 is 1.28 bits per heavy atom. The first-order valence-corrected chi connectivity index (χ1v) is 9.19. The van der Waals surface area contributed by atoms with Gasteiger partial charge in [-0.1, -0.05) is 17.8 Å². The van der Waals surface area contributed by atoms with Gasteiger partial charge in [-0.3, -0.25) is 9.59 Å². The Morgan fingerprint density at radius 2 is 2.07 bits per heavy atom. The van der Waals surface area contributed by atoms with Crippen LogP contribution in [0.5, 0.6) is 5.75 Å². The topological polar surface area (TPSA) is 91.9 Å². The van der Waals surface area contributed by atoms with E-state index in [1.54, 1.807) is 24.3 Å². The number of ketones is 1. The molecule has 4 rings (SSSR count). The fourth-order valence-corrected chi connectivity index (χ4v) is 3.80. The van der Waals surface area contributed by atoms with Gasteiger partial charge in [-0.25, -0.2) is 9.38 Å². The summed E-state index contributed by atoms with van der Waals surface area (Å²) in [7, 11) is 1.35. The molecule has 1 unspecified atom stereocenters. The largest absolute Gasteiger partial charge is 1.00 e. The van der Waals surface area contributed by atoms with Crippen molar-refractivity contribution in [3.8, 4) is 5.75 Å². The third-order valence-corrected chi connectivity index (χ3v) is 5.31. The molecule has 2 aromatic carbocycles. The summed E-state index contributed by atoms with van der Waals surface area (Å²) in [4.78, 5) is 27.2. The van der Waals surface area contributed by atoms with Crippen LogP contribution in [0.1, 0.15) is 21.7 Å². The van der Waals surface area contributed by atoms with Crippen LogP contribution in [0.25, 0.3) is 11.0 Å². The molecule has 1 aliphatic rings. The number of carbonyl (C=O) groups is 2. The molecule has 1 amide bonds. The molecule has 9 heteroatoms. The van der Waals surface area contributed by atoms with Gasteiger partial charge in [0.25, 0.3) is 0 Å². The number of aliphatic imine (C=N–C) groups is 1. The Morgan fingerprint density at radius 3 is 2.72 bits per heavy atom. The standard InChI is InChI=1S/C20H14FNO5S.Na/c1-26-15-5-3-11(8-13(15)21)18(23)16-9-12-6-10(2-4-14(12)27-16)7-17-19(24)22-20(25)28-17;/h2-6,8-9,17H,7H2,1H3,(H,22,24,25);/q;+1/p-1. The number of furan rings is 1. The number of benzene rings is 2. The van der Waals surface area contributed by atoms with Gasteiger partial charge >= 0.3 is 34.8 Å². The van der Waals surface area contributed by atoms with E-state index in [9.17, 15) is 19.1 Å². The summed E-state index contributed by atoms with van der Waals surface area (Å²) in [5, 5.41) is 11.3. The summed E-state index contributed by atoms with van der Waals surface area (Å²) in [6, 6.07) is 10.8. The summed E-state index contributed by atoms with van der Waals surface area (Å²) >= 11 is 0.907. The van der Waals surface area contributed by atoms with E-state index >= 15 is 0 Å². The van der Waals surface area contributed by atoms with E-state index in [-0.39, 0.29) is 46.6 Å². The van der Waals surface area contributed by atoms with Gasteiger partial charge in [-0.15, -0.1) is 0 Å². The minimum Gasteiger partial charge on any atom is -0.861 e. The predicted octanol–water partition coefficient (Wildman–Crippen LogP) is 0.352. The Labute approximate surface area is 191 Å². The molecule has 0 radical (unpaired) electrons. The van der Waals surface area contributed by atoms with Gasteiger partial charge in [0.15, 0.2) is 17.3 Å². The second-order valence-electron chi connectivity index (χ2n) is 6.19. The van der Waals surface area contributed by atoms with Crippen molar-refractivity contribution in [3.63, 3.8) is 0 Å². The molecule has 6 nitrogen and oxygen atoms in total. The third-order valence-electron chi connectivity index (χ3n) is 4.36. The quantitative estimate of drug-likeness (QED) is 0.436. The van der Waals surface area contributed by atoms with Crippen molar-refractivity contribution in [2.45, 2.75) is 11.7 Å². The molecule has 1 aromatic heterocycles. The van der Waals surface area contributed by atoms with Gasteiger partial charge in [-0.05, 0) is 54.3 Å². The van der Waals surface area contributed by atoms with Crippen molar-refractivity contribution in [1.29, 1.82) is 0 Å². The van der Waals surface area contributed by atoms with Crippen LogP contribution in [0.15, 0.2) is 51.9 Å². The fourth-order valence-electron chi connectivity index (χ4n) is 2.99. The second-order valence-corrected chi connectivity index (χ2v) is 7.34. The smallest absolute Gasteiger partial charge is 0.861 e. The molecule has 0 fully saturated rings. The zero-order valence-electron chi connectivity index (χ0n) is 15.6. The molecular weight excluding hydrogens is 408 g/mol. The molecule has 0 aliphatic carbocycles. The first-order valence-electron chi connectivity index (χ1n) is 8.31. The van der Waals surface area contributed by atoms with Crippen LogP contribution < -0.4 is 39.4 Å². The predicted molar refractivity (Wildman–Crippen MR) is 101 cm³/mol. The minimum absolute atomic E-state index is 0. The molecular formula is C20H13FNNaO5S. The summed E-state index contributed by atoms with van der Waals surface area (Å²) in [5.74, 6) is -1.39. The molecule has 1 atom stereocenters. The molecule has 142 valence electrons. The third kappa shape index (κ3) is 4.40. The first-order chi connectivity index (χ1) is 13.4. The van der Waals surface area contributed by atoms with Crippen molar-refractivity contribution in [2.24, 2.45) is 4.99 Å². The van der Waals surface area contributed by atoms with Gasteiger partial charge in [0.2, 0.25) is 5.78 Å². The van der Waals surface area contributed by atoms with Crippen molar-refractivity contribution in [3.05, 3.63) is 65.2 Å². The number of fused-ring (bicyclic) bond motifs is 1. The molecule has 3 aromatic rings. The van der Waals surface area contributed by atoms with E-state index in [2.05, 4.69) is 4.99 Å². The van der Waals surface area contributed by atoms with E-state index in [0.29, 0.717) is 17.4 Å². The van der Waals surface area contributed by atoms with E-state index in [4.69, 9.17) is 9.15 Å². The molecule has 0 N–H and O–H groups in total. The Balaban J connectivity index is 0.00000240. The van der Waals surface area contributed by atoms with Gasteiger partial charge in [0.1, 0.15) is 5.58 Å². The number of rotatable bonds is 5. The second kappa shape index (κ2) is 8.71. The van der Waals surface area contributed by atoms with Gasteiger partial charge < -0.3 is 14.3 Å². The maximum atomic E-state index is 13.9. The molecule has 2 heterocycles. The van der Waals surface area contributed by atoms with Gasteiger partial charge in [-0.2, -0.15) is 0 Å². The zero-order valence-corrected chi connectivity index (χ0v) is 18.4. The average molecular weight is 421 g/mol. The van der Waals surface area contributed by atoms with Gasteiger partial charge in [0.05, 0.1) is 7.11 Å². The van der Waals surface area contributed by atoms with Crippen LogP contribution in [0.3, 0.4) is 0 Å². The van der Waals surface area contributed by atoms with E-state index in [0.717, 1.165) is 23.4 Å². The van der Waals surface area contributed by atoms with E-state index in [1.807, 2.05) is 0 Å². The minimum atomic E-state index is -0.634. The summed E-state index contributed by atoms with van der Waals surface area (Å²) < 4.78 is 24.3. The van der Waals surface area contributed by atoms with Crippen molar-refractivity contribution in [1.82, 2.24) is 0 Å². The number of carbonyl (C=O) groups excluding carboxylic acids is 2. The van der Waals surface area contributed by atoms with Crippen LogP contribution in [0.2, 0.25) is 0 Å². The van der Waals surface area contributed by atoms with Crippen molar-refractivity contribution >= 4 is 39.7 Å². The van der Waals surface area contributed by atoms with Crippen molar-refractivity contribution in [2.75, 3.05) is 7.11 Å². The number of halogens is 1. The van der Waals surface area contributed by atoms with Crippen LogP contribution in [0.4, 0.5) is 9.18 Å². The molecule has 0 spiro atoms. The molecule has 0 saturated heterocycles. The zero-order chi connectivity index (χ0) is 19.8. The number of amides is 1. The normalized spacial score (nSPS) is 15.9. The maximum Gasteiger partial charge on any atom is 1.00 e. The monoisotopic (exact) mass is 421 g/mol. The van der Waals surface area contributed by atoms with Crippen LogP contribution in [-0.2, 0) is 6.42 Å². The number of hydrogen-bond acceptors (Lipinski definition) is 6. The molecule has 29 heavy (non-hydrogen) atoms.